The van der Waals surface area contributed by atoms with Gasteiger partial charge >= 0.3 is 0 Å². The van der Waals surface area contributed by atoms with E-state index >= 15 is 0 Å². The minimum atomic E-state index is 0.245. The van der Waals surface area contributed by atoms with Crippen molar-refractivity contribution < 1.29 is 9.47 Å². The average Bonchev–Trinajstić information content (AvgIpc) is 2.98. The quantitative estimate of drug-likeness (QED) is 0.566. The number of thiazole rings is 1. The van der Waals surface area contributed by atoms with Crippen LogP contribution in [0.4, 0.5) is 5.69 Å². The second-order valence-corrected chi connectivity index (χ2v) is 5.35. The van der Waals surface area contributed by atoms with Crippen molar-refractivity contribution in [1.82, 2.24) is 4.98 Å². The Morgan fingerprint density at radius 2 is 1.82 bits per heavy atom. The predicted octanol–water partition coefficient (Wildman–Crippen LogP) is 4.55. The highest BCUT2D eigenvalue weighted by atomic mass is 32.1. The molecule has 0 saturated carbocycles. The predicted molar refractivity (Wildman–Crippen MR) is 93.3 cm³/mol. The number of ether oxygens (including phenoxy) is 2. The molecule has 2 aromatic carbocycles. The van der Waals surface area contributed by atoms with Crippen molar-refractivity contribution in [2.45, 2.75) is 13.8 Å². The van der Waals surface area contributed by atoms with Gasteiger partial charge < -0.3 is 15.2 Å². The maximum Gasteiger partial charge on any atom is 0.188 e. The number of rotatable bonds is 4. The van der Waals surface area contributed by atoms with Gasteiger partial charge in [0.15, 0.2) is 6.79 Å². The first-order valence-corrected chi connectivity index (χ1v) is 7.96. The summed E-state index contributed by atoms with van der Waals surface area (Å²) < 4.78 is 11.4. The molecule has 3 aromatic rings. The number of hydrogen-bond acceptors (Lipinski definition) is 5. The molecule has 0 aliphatic heterocycles. The van der Waals surface area contributed by atoms with Gasteiger partial charge in [0.1, 0.15) is 10.8 Å². The van der Waals surface area contributed by atoms with Gasteiger partial charge in [-0.2, -0.15) is 0 Å². The number of benzene rings is 2. The van der Waals surface area contributed by atoms with Crippen LogP contribution in [0.5, 0.6) is 5.75 Å². The van der Waals surface area contributed by atoms with Gasteiger partial charge in [0, 0.05) is 18.4 Å². The minimum absolute atomic E-state index is 0.245. The fourth-order valence-electron chi connectivity index (χ4n) is 1.87. The molecule has 1 heterocycles. The Balaban J connectivity index is 0.000000847. The van der Waals surface area contributed by atoms with Crippen molar-refractivity contribution in [2.24, 2.45) is 0 Å². The zero-order valence-electron chi connectivity index (χ0n) is 13.0. The molecule has 0 amide bonds. The van der Waals surface area contributed by atoms with Crippen LogP contribution in [0.15, 0.2) is 42.5 Å². The summed E-state index contributed by atoms with van der Waals surface area (Å²) in [4.78, 5) is 4.62. The summed E-state index contributed by atoms with van der Waals surface area (Å²) in [5, 5.41) is 0.976. The largest absolute Gasteiger partial charge is 0.468 e. The second kappa shape index (κ2) is 7.77. The molecule has 0 atom stereocenters. The molecule has 0 radical (unpaired) electrons. The summed E-state index contributed by atoms with van der Waals surface area (Å²) in [6.07, 6.45) is 0. The minimum Gasteiger partial charge on any atom is -0.468 e. The van der Waals surface area contributed by atoms with Crippen molar-refractivity contribution in [1.29, 1.82) is 0 Å². The number of nitrogens with zero attached hydrogens (tertiary/aromatic N) is 1. The van der Waals surface area contributed by atoms with Crippen molar-refractivity contribution in [3.05, 3.63) is 42.5 Å². The number of nitrogens with two attached hydrogens (primary N) is 1. The van der Waals surface area contributed by atoms with E-state index in [1.165, 1.54) is 0 Å². The lowest BCUT2D eigenvalue weighted by molar-refractivity contribution is 0.0512. The molecule has 0 unspecified atom stereocenters. The van der Waals surface area contributed by atoms with Gasteiger partial charge in [-0.25, -0.2) is 4.98 Å². The van der Waals surface area contributed by atoms with Gasteiger partial charge in [-0.3, -0.25) is 0 Å². The number of aromatic nitrogens is 1. The maximum absolute atomic E-state index is 5.70. The molecule has 0 bridgehead atoms. The molecule has 0 aliphatic rings. The lowest BCUT2D eigenvalue weighted by Crippen LogP contribution is -1.98. The van der Waals surface area contributed by atoms with E-state index < -0.39 is 0 Å². The Bertz CT molecular complexity index is 723. The maximum atomic E-state index is 5.70. The van der Waals surface area contributed by atoms with E-state index in [0.29, 0.717) is 0 Å². The zero-order chi connectivity index (χ0) is 15.9. The molecule has 3 rings (SSSR count). The van der Waals surface area contributed by atoms with Crippen LogP contribution in [0.3, 0.4) is 0 Å². The highest BCUT2D eigenvalue weighted by Crippen LogP contribution is 2.32. The Morgan fingerprint density at radius 1 is 1.09 bits per heavy atom. The topological polar surface area (TPSA) is 57.4 Å². The summed E-state index contributed by atoms with van der Waals surface area (Å²) in [6, 6.07) is 13.6. The van der Waals surface area contributed by atoms with E-state index in [2.05, 4.69) is 4.98 Å². The molecule has 2 N–H and O–H groups in total. The summed E-state index contributed by atoms with van der Waals surface area (Å²) in [7, 11) is 1.60. The fourth-order valence-corrected chi connectivity index (χ4v) is 2.87. The Hall–Kier alpha value is -2.11. The molecule has 0 aliphatic carbocycles. The van der Waals surface area contributed by atoms with Crippen LogP contribution in [-0.2, 0) is 4.74 Å². The number of hydrogen-bond donors (Lipinski definition) is 1. The molecule has 1 aromatic heterocycles. The van der Waals surface area contributed by atoms with Crippen molar-refractivity contribution in [3.8, 4) is 16.3 Å². The van der Waals surface area contributed by atoms with Crippen LogP contribution in [0.25, 0.3) is 20.8 Å². The number of nitrogen functional groups attached to an aromatic ring is 1. The lowest BCUT2D eigenvalue weighted by Gasteiger charge is -2.03. The normalized spacial score (nSPS) is 10.1. The van der Waals surface area contributed by atoms with Crippen LogP contribution in [0.2, 0.25) is 0 Å². The third kappa shape index (κ3) is 3.75. The van der Waals surface area contributed by atoms with E-state index in [1.54, 1.807) is 18.4 Å². The van der Waals surface area contributed by atoms with Gasteiger partial charge in [0.05, 0.1) is 10.2 Å². The third-order valence-corrected chi connectivity index (χ3v) is 3.93. The van der Waals surface area contributed by atoms with E-state index in [-0.39, 0.29) is 6.79 Å². The van der Waals surface area contributed by atoms with Crippen LogP contribution < -0.4 is 10.5 Å². The highest BCUT2D eigenvalue weighted by Gasteiger charge is 2.07. The Kier molecular flexibility index (Phi) is 5.75. The Morgan fingerprint density at radius 3 is 2.50 bits per heavy atom. The second-order valence-electron chi connectivity index (χ2n) is 4.32. The van der Waals surface area contributed by atoms with Gasteiger partial charge in [0.2, 0.25) is 0 Å². The average molecular weight is 316 g/mol. The summed E-state index contributed by atoms with van der Waals surface area (Å²) in [5.74, 6) is 0.784. The van der Waals surface area contributed by atoms with Gasteiger partial charge in [-0.05, 0) is 42.5 Å². The Labute approximate surface area is 134 Å². The first-order chi connectivity index (χ1) is 10.8. The molecule has 4 nitrogen and oxygen atoms in total. The number of methoxy groups -OCH3 is 1. The SMILES string of the molecule is CC.COCOc1ccc2nc(-c3ccc(N)cc3)sc2c1. The first kappa shape index (κ1) is 16.3. The van der Waals surface area contributed by atoms with Crippen LogP contribution in [0.1, 0.15) is 13.8 Å². The molecular weight excluding hydrogens is 296 g/mol. The number of anilines is 1. The standard InChI is InChI=1S/C15H14N2O2S.C2H6/c1-18-9-19-12-6-7-13-14(8-12)20-15(17-13)10-2-4-11(16)5-3-10;1-2/h2-8H,9,16H2,1H3;1-2H3. The van der Waals surface area contributed by atoms with Crippen molar-refractivity contribution in [2.75, 3.05) is 19.6 Å². The molecule has 0 spiro atoms. The smallest absolute Gasteiger partial charge is 0.188 e. The molecule has 5 heteroatoms. The van der Waals surface area contributed by atoms with E-state index in [1.807, 2.05) is 56.3 Å². The van der Waals surface area contributed by atoms with E-state index in [0.717, 1.165) is 32.2 Å². The molecule has 116 valence electrons. The third-order valence-electron chi connectivity index (χ3n) is 2.86. The van der Waals surface area contributed by atoms with E-state index in [4.69, 9.17) is 15.2 Å². The molecule has 22 heavy (non-hydrogen) atoms. The van der Waals surface area contributed by atoms with Gasteiger partial charge in [-0.15, -0.1) is 11.3 Å². The van der Waals surface area contributed by atoms with Crippen LogP contribution in [-0.4, -0.2) is 18.9 Å². The highest BCUT2D eigenvalue weighted by molar-refractivity contribution is 7.21. The first-order valence-electron chi connectivity index (χ1n) is 7.14. The van der Waals surface area contributed by atoms with Crippen molar-refractivity contribution >= 4 is 27.2 Å². The fraction of sp³-hybridized carbons (Fsp3) is 0.235. The number of fused-ring (bicyclic) bond motifs is 1. The molecular formula is C17H20N2O2S. The van der Waals surface area contributed by atoms with Crippen LogP contribution >= 0.6 is 11.3 Å². The monoisotopic (exact) mass is 316 g/mol. The van der Waals surface area contributed by atoms with E-state index in [9.17, 15) is 0 Å². The summed E-state index contributed by atoms with van der Waals surface area (Å²) >= 11 is 1.63. The zero-order valence-corrected chi connectivity index (χ0v) is 13.8. The van der Waals surface area contributed by atoms with Crippen LogP contribution in [0, 0.1) is 0 Å². The molecule has 0 fully saturated rings. The van der Waals surface area contributed by atoms with Gasteiger partial charge in [-0.1, -0.05) is 13.8 Å². The van der Waals surface area contributed by atoms with Gasteiger partial charge in [0.25, 0.3) is 0 Å². The summed E-state index contributed by atoms with van der Waals surface area (Å²) in [5.41, 5.74) is 8.49. The lowest BCUT2D eigenvalue weighted by atomic mass is 10.2. The summed E-state index contributed by atoms with van der Waals surface area (Å²) in [6.45, 7) is 4.25. The molecule has 0 saturated heterocycles. The van der Waals surface area contributed by atoms with Crippen molar-refractivity contribution in [3.63, 3.8) is 0 Å².